The van der Waals surface area contributed by atoms with E-state index in [9.17, 15) is 27.3 Å². The van der Waals surface area contributed by atoms with Gasteiger partial charge in [-0.3, -0.25) is 9.59 Å². The van der Waals surface area contributed by atoms with Gasteiger partial charge in [0.1, 0.15) is 24.2 Å². The minimum Gasteiger partial charge on any atom is -0.612 e. The Balaban J connectivity index is 2.26. The summed E-state index contributed by atoms with van der Waals surface area (Å²) in [5, 5.41) is 6.51. The molecule has 1 unspecified atom stereocenters. The predicted molar refractivity (Wildman–Crippen MR) is 155 cm³/mol. The Kier molecular flexibility index (Phi) is 8.87. The Hall–Kier alpha value is -3.18. The summed E-state index contributed by atoms with van der Waals surface area (Å²) in [7, 11) is 0. The lowest BCUT2D eigenvalue weighted by molar-refractivity contribution is -0.274. The maximum absolute atomic E-state index is 13.3. The third-order valence-electron chi connectivity index (χ3n) is 6.26. The van der Waals surface area contributed by atoms with Gasteiger partial charge in [0.05, 0.1) is 16.3 Å². The van der Waals surface area contributed by atoms with Crippen LogP contribution in [0, 0.1) is 0 Å². The molecule has 2 aromatic carbocycles. The van der Waals surface area contributed by atoms with Gasteiger partial charge in [0.15, 0.2) is 4.90 Å². The fourth-order valence-electron chi connectivity index (χ4n) is 4.50. The van der Waals surface area contributed by atoms with Crippen molar-refractivity contribution in [3.05, 3.63) is 48.0 Å². The van der Waals surface area contributed by atoms with Crippen molar-refractivity contribution in [2.24, 2.45) is 0 Å². The summed E-state index contributed by atoms with van der Waals surface area (Å²) in [6, 6.07) is 10.6. The molecule has 0 saturated heterocycles. The molecule has 0 aliphatic carbocycles. The fourth-order valence-corrected chi connectivity index (χ4v) is 5.47. The molecule has 0 spiro atoms. The monoisotopic (exact) mass is 593 g/mol. The van der Waals surface area contributed by atoms with Crippen molar-refractivity contribution >= 4 is 33.9 Å². The second-order valence-corrected chi connectivity index (χ2v) is 14.0. The summed E-state index contributed by atoms with van der Waals surface area (Å²) in [5.41, 5.74) is 0.249. The van der Waals surface area contributed by atoms with Gasteiger partial charge in [-0.2, -0.15) is 0 Å². The van der Waals surface area contributed by atoms with Crippen LogP contribution in [-0.4, -0.2) is 44.6 Å². The van der Waals surface area contributed by atoms with Crippen LogP contribution >= 0.6 is 0 Å². The molecule has 0 fully saturated rings. The predicted octanol–water partition coefficient (Wildman–Crippen LogP) is 6.05. The molecule has 0 aliphatic rings. The van der Waals surface area contributed by atoms with Gasteiger partial charge in [-0.15, -0.1) is 13.2 Å². The molecule has 11 heteroatoms. The SMILES string of the molecule is C[S+]([O-])c1c(-c2ccc(OC(F)(F)F)cc2)n(CC(=O)NC(C)(C)C)c2ccc(C(C)(C)C(=O)NC(C)(C)C)cc12. The number of hydrogen-bond donors (Lipinski definition) is 2. The molecule has 2 N–H and O–H groups in total. The maximum atomic E-state index is 13.3. The number of nitrogens with one attached hydrogen (secondary N) is 2. The normalized spacial score (nSPS) is 13.7. The minimum atomic E-state index is -4.85. The zero-order chi connectivity index (χ0) is 31.1. The van der Waals surface area contributed by atoms with E-state index >= 15 is 0 Å². The molecular weight excluding hydrogens is 555 g/mol. The number of amides is 2. The lowest BCUT2D eigenvalue weighted by Gasteiger charge is -2.30. The van der Waals surface area contributed by atoms with Crippen molar-refractivity contribution in [2.45, 2.75) is 89.7 Å². The zero-order valence-corrected chi connectivity index (χ0v) is 25.7. The Morgan fingerprint density at radius 2 is 1.46 bits per heavy atom. The Morgan fingerprint density at radius 3 is 1.95 bits per heavy atom. The van der Waals surface area contributed by atoms with E-state index < -0.39 is 39.8 Å². The summed E-state index contributed by atoms with van der Waals surface area (Å²) in [5.74, 6) is -0.884. The number of aromatic nitrogens is 1. The lowest BCUT2D eigenvalue weighted by atomic mass is 9.82. The average molecular weight is 594 g/mol. The van der Waals surface area contributed by atoms with Gasteiger partial charge in [-0.1, -0.05) is 6.07 Å². The van der Waals surface area contributed by atoms with E-state index in [2.05, 4.69) is 15.4 Å². The van der Waals surface area contributed by atoms with Gasteiger partial charge in [-0.05, 0) is 109 Å². The molecule has 1 heterocycles. The van der Waals surface area contributed by atoms with Crippen LogP contribution in [0.2, 0.25) is 0 Å². The number of carbonyl (C=O) groups is 2. The molecular formula is C30H38F3N3O4S. The first-order valence-electron chi connectivity index (χ1n) is 13.1. The van der Waals surface area contributed by atoms with Crippen LogP contribution in [0.15, 0.2) is 47.4 Å². The Labute approximate surface area is 242 Å². The quantitative estimate of drug-likeness (QED) is 0.326. The van der Waals surface area contributed by atoms with Gasteiger partial charge in [0.25, 0.3) is 0 Å². The second-order valence-electron chi connectivity index (χ2n) is 12.6. The van der Waals surface area contributed by atoms with Crippen LogP contribution in [0.25, 0.3) is 22.2 Å². The van der Waals surface area contributed by atoms with Crippen molar-refractivity contribution in [1.29, 1.82) is 0 Å². The van der Waals surface area contributed by atoms with Crippen LogP contribution in [0.5, 0.6) is 5.75 Å². The van der Waals surface area contributed by atoms with Crippen LogP contribution in [0.4, 0.5) is 13.2 Å². The number of benzene rings is 2. The number of ether oxygens (including phenoxy) is 1. The summed E-state index contributed by atoms with van der Waals surface area (Å²) in [6.07, 6.45) is -3.34. The molecule has 3 rings (SSSR count). The first kappa shape index (κ1) is 32.3. The summed E-state index contributed by atoms with van der Waals surface area (Å²) >= 11 is -1.58. The number of carbonyl (C=O) groups excluding carboxylic acids is 2. The van der Waals surface area contributed by atoms with E-state index in [-0.39, 0.29) is 18.4 Å². The highest BCUT2D eigenvalue weighted by molar-refractivity contribution is 7.91. The first-order chi connectivity index (χ1) is 18.6. The molecule has 3 aromatic rings. The van der Waals surface area contributed by atoms with Crippen LogP contribution in [-0.2, 0) is 32.7 Å². The van der Waals surface area contributed by atoms with Gasteiger partial charge < -0.3 is 24.5 Å². The third-order valence-corrected chi connectivity index (χ3v) is 7.25. The summed E-state index contributed by atoms with van der Waals surface area (Å²) in [6.45, 7) is 14.7. The topological polar surface area (TPSA) is 95.4 Å². The van der Waals surface area contributed by atoms with E-state index in [1.807, 2.05) is 41.5 Å². The van der Waals surface area contributed by atoms with Gasteiger partial charge >= 0.3 is 6.36 Å². The minimum absolute atomic E-state index is 0.131. The van der Waals surface area contributed by atoms with E-state index in [4.69, 9.17) is 0 Å². The number of halogens is 3. The largest absolute Gasteiger partial charge is 0.612 e. The molecule has 0 aliphatic heterocycles. The first-order valence-corrected chi connectivity index (χ1v) is 14.6. The standard InChI is InChI=1S/C30H38F3N3O4S/c1-27(2,3)34-23(37)17-36-22-15-12-19(29(7,8)26(38)35-28(4,5)6)16-21(22)25(41(9)39)24(36)18-10-13-20(14-11-18)40-30(31,32)33/h10-16H,17H2,1-9H3,(H,34,37)(H,35,38). The van der Waals surface area contributed by atoms with E-state index in [1.54, 1.807) is 36.6 Å². The average Bonchev–Trinajstić information content (AvgIpc) is 3.09. The van der Waals surface area contributed by atoms with Crippen molar-refractivity contribution in [1.82, 2.24) is 15.2 Å². The fraction of sp³-hybridized carbons (Fsp3) is 0.467. The van der Waals surface area contributed by atoms with Crippen molar-refractivity contribution < 1.29 is 32.0 Å². The highest BCUT2D eigenvalue weighted by Gasteiger charge is 2.35. The lowest BCUT2D eigenvalue weighted by Crippen LogP contribution is -2.48. The smallest absolute Gasteiger partial charge is 0.573 e. The van der Waals surface area contributed by atoms with Crippen LogP contribution in [0.3, 0.4) is 0 Å². The number of alkyl halides is 3. The molecule has 224 valence electrons. The number of rotatable bonds is 7. The van der Waals surface area contributed by atoms with Crippen molar-refractivity contribution in [3.63, 3.8) is 0 Å². The molecule has 0 radical (unpaired) electrons. The molecule has 7 nitrogen and oxygen atoms in total. The highest BCUT2D eigenvalue weighted by Crippen LogP contribution is 2.40. The van der Waals surface area contributed by atoms with Crippen LogP contribution < -0.4 is 15.4 Å². The van der Waals surface area contributed by atoms with Crippen molar-refractivity contribution in [3.8, 4) is 17.0 Å². The highest BCUT2D eigenvalue weighted by atomic mass is 32.2. The summed E-state index contributed by atoms with van der Waals surface area (Å²) in [4.78, 5) is 26.7. The third kappa shape index (κ3) is 7.97. The Morgan fingerprint density at radius 1 is 0.902 bits per heavy atom. The molecule has 2 amide bonds. The Bertz CT molecular complexity index is 1430. The van der Waals surface area contributed by atoms with Crippen molar-refractivity contribution in [2.75, 3.05) is 6.26 Å². The number of hydrogen-bond acceptors (Lipinski definition) is 4. The van der Waals surface area contributed by atoms with Crippen LogP contribution in [0.1, 0.15) is 61.0 Å². The van der Waals surface area contributed by atoms with Gasteiger partial charge in [-0.25, -0.2) is 0 Å². The maximum Gasteiger partial charge on any atom is 0.573 e. The molecule has 1 atom stereocenters. The molecule has 1 aromatic heterocycles. The second kappa shape index (κ2) is 11.2. The van der Waals surface area contributed by atoms with Gasteiger partial charge in [0, 0.05) is 16.6 Å². The molecule has 0 bridgehead atoms. The number of fused-ring (bicyclic) bond motifs is 1. The van der Waals surface area contributed by atoms with E-state index in [0.29, 0.717) is 32.6 Å². The van der Waals surface area contributed by atoms with E-state index in [1.165, 1.54) is 30.5 Å². The number of nitrogens with zero attached hydrogens (tertiary/aromatic N) is 1. The van der Waals surface area contributed by atoms with E-state index in [0.717, 1.165) is 0 Å². The molecule has 41 heavy (non-hydrogen) atoms. The van der Waals surface area contributed by atoms with Gasteiger partial charge in [0.2, 0.25) is 11.8 Å². The summed E-state index contributed by atoms with van der Waals surface area (Å²) < 4.78 is 57.3. The molecule has 0 saturated carbocycles. The zero-order valence-electron chi connectivity index (χ0n) is 24.9.